The number of nitrogens with zero attached hydrogens (tertiary/aromatic N) is 2. The highest BCUT2D eigenvalue weighted by Crippen LogP contribution is 2.31. The van der Waals surface area contributed by atoms with Crippen molar-refractivity contribution < 1.29 is 0 Å². The Labute approximate surface area is 121 Å². The number of thiophene rings is 1. The molecule has 0 aliphatic carbocycles. The first-order chi connectivity index (χ1) is 8.15. The van der Waals surface area contributed by atoms with Gasteiger partial charge in [0.15, 0.2) is 5.82 Å². The predicted molar refractivity (Wildman–Crippen MR) is 79.7 cm³/mol. The standard InChI is InChI=1S/C11H11Br2N3S/c1-3-7-9(13)11(14-2)16-10(15-7)8-4-6(12)5-17-8/h4-5H,3H2,1-2H3,(H,14,15,16). The predicted octanol–water partition coefficient (Wildman–Crippen LogP) is 4.33. The summed E-state index contributed by atoms with van der Waals surface area (Å²) in [6.45, 7) is 2.08. The molecule has 1 N–H and O–H groups in total. The number of anilines is 1. The van der Waals surface area contributed by atoms with Gasteiger partial charge in [0.05, 0.1) is 15.0 Å². The number of rotatable bonds is 3. The summed E-state index contributed by atoms with van der Waals surface area (Å²) < 4.78 is 2.01. The molecule has 0 aliphatic rings. The molecule has 2 heterocycles. The van der Waals surface area contributed by atoms with Crippen molar-refractivity contribution in [3.63, 3.8) is 0 Å². The lowest BCUT2D eigenvalue weighted by atomic mass is 10.3. The first-order valence-electron chi connectivity index (χ1n) is 5.14. The number of halogens is 2. The molecule has 0 amide bonds. The van der Waals surface area contributed by atoms with E-state index in [4.69, 9.17) is 0 Å². The monoisotopic (exact) mass is 375 g/mol. The van der Waals surface area contributed by atoms with Crippen molar-refractivity contribution in [2.24, 2.45) is 0 Å². The van der Waals surface area contributed by atoms with Gasteiger partial charge in [-0.15, -0.1) is 11.3 Å². The van der Waals surface area contributed by atoms with Gasteiger partial charge in [-0.1, -0.05) is 6.92 Å². The van der Waals surface area contributed by atoms with E-state index in [1.165, 1.54) is 0 Å². The molecule has 2 aromatic rings. The molecule has 0 unspecified atom stereocenters. The maximum absolute atomic E-state index is 4.57. The van der Waals surface area contributed by atoms with Crippen LogP contribution in [0.4, 0.5) is 5.82 Å². The van der Waals surface area contributed by atoms with Gasteiger partial charge in [-0.25, -0.2) is 9.97 Å². The van der Waals surface area contributed by atoms with Crippen LogP contribution in [0.2, 0.25) is 0 Å². The molecule has 0 fully saturated rings. The van der Waals surface area contributed by atoms with Crippen LogP contribution in [0, 0.1) is 0 Å². The molecule has 3 nitrogen and oxygen atoms in total. The van der Waals surface area contributed by atoms with E-state index in [-0.39, 0.29) is 0 Å². The Bertz CT molecular complexity index is 514. The van der Waals surface area contributed by atoms with Gasteiger partial charge in [0, 0.05) is 16.9 Å². The fraction of sp³-hybridized carbons (Fsp3) is 0.273. The number of hydrogen-bond acceptors (Lipinski definition) is 4. The van der Waals surface area contributed by atoms with Gasteiger partial charge >= 0.3 is 0 Å². The van der Waals surface area contributed by atoms with Gasteiger partial charge in [0.25, 0.3) is 0 Å². The average Bonchev–Trinajstić information content (AvgIpc) is 2.76. The number of hydrogen-bond donors (Lipinski definition) is 1. The minimum Gasteiger partial charge on any atom is -0.372 e. The highest BCUT2D eigenvalue weighted by molar-refractivity contribution is 9.11. The van der Waals surface area contributed by atoms with Crippen molar-refractivity contribution in [2.45, 2.75) is 13.3 Å². The summed E-state index contributed by atoms with van der Waals surface area (Å²) in [4.78, 5) is 10.1. The lowest BCUT2D eigenvalue weighted by molar-refractivity contribution is 0.994. The van der Waals surface area contributed by atoms with Crippen LogP contribution in [0.3, 0.4) is 0 Å². The fourth-order valence-corrected chi connectivity index (χ4v) is 3.45. The van der Waals surface area contributed by atoms with E-state index in [1.54, 1.807) is 11.3 Å². The van der Waals surface area contributed by atoms with Gasteiger partial charge in [0.2, 0.25) is 0 Å². The zero-order valence-electron chi connectivity index (χ0n) is 9.42. The van der Waals surface area contributed by atoms with E-state index in [2.05, 4.69) is 54.1 Å². The van der Waals surface area contributed by atoms with E-state index in [0.29, 0.717) is 0 Å². The zero-order valence-corrected chi connectivity index (χ0v) is 13.4. The molecule has 6 heteroatoms. The summed E-state index contributed by atoms with van der Waals surface area (Å²) in [5.74, 6) is 1.60. The van der Waals surface area contributed by atoms with E-state index in [9.17, 15) is 0 Å². The largest absolute Gasteiger partial charge is 0.372 e. The first-order valence-corrected chi connectivity index (χ1v) is 7.60. The van der Waals surface area contributed by atoms with Gasteiger partial charge in [-0.05, 0) is 44.3 Å². The van der Waals surface area contributed by atoms with Crippen LogP contribution in [-0.2, 0) is 6.42 Å². The van der Waals surface area contributed by atoms with Crippen LogP contribution >= 0.6 is 43.2 Å². The van der Waals surface area contributed by atoms with Crippen LogP contribution in [0.1, 0.15) is 12.6 Å². The summed E-state index contributed by atoms with van der Waals surface area (Å²) >= 11 is 8.60. The maximum Gasteiger partial charge on any atom is 0.171 e. The molecule has 0 aromatic carbocycles. The molecular weight excluding hydrogens is 366 g/mol. The topological polar surface area (TPSA) is 37.8 Å². The average molecular weight is 377 g/mol. The lowest BCUT2D eigenvalue weighted by Gasteiger charge is -2.08. The molecule has 2 aromatic heterocycles. The minimum atomic E-state index is 0.769. The molecule has 0 bridgehead atoms. The third-order valence-electron chi connectivity index (χ3n) is 2.28. The summed E-state index contributed by atoms with van der Waals surface area (Å²) in [7, 11) is 1.86. The second kappa shape index (κ2) is 5.46. The van der Waals surface area contributed by atoms with Crippen LogP contribution in [0.25, 0.3) is 10.7 Å². The molecule has 0 spiro atoms. The molecule has 90 valence electrons. The van der Waals surface area contributed by atoms with E-state index < -0.39 is 0 Å². The molecule has 0 aliphatic heterocycles. The Balaban J connectivity index is 2.55. The molecule has 0 saturated carbocycles. The Morgan fingerprint density at radius 1 is 1.35 bits per heavy atom. The Morgan fingerprint density at radius 3 is 2.65 bits per heavy atom. The maximum atomic E-state index is 4.57. The van der Waals surface area contributed by atoms with Crippen molar-refractivity contribution in [3.05, 3.63) is 26.1 Å². The number of aromatic nitrogens is 2. The lowest BCUT2D eigenvalue weighted by Crippen LogP contribution is -2.02. The van der Waals surface area contributed by atoms with E-state index >= 15 is 0 Å². The van der Waals surface area contributed by atoms with Crippen molar-refractivity contribution in [2.75, 3.05) is 12.4 Å². The van der Waals surface area contributed by atoms with Crippen LogP contribution in [-0.4, -0.2) is 17.0 Å². The zero-order chi connectivity index (χ0) is 12.4. The smallest absolute Gasteiger partial charge is 0.171 e. The second-order valence-electron chi connectivity index (χ2n) is 3.39. The number of nitrogens with one attached hydrogen (secondary N) is 1. The van der Waals surface area contributed by atoms with Gasteiger partial charge < -0.3 is 5.32 Å². The van der Waals surface area contributed by atoms with Crippen molar-refractivity contribution in [1.29, 1.82) is 0 Å². The number of aryl methyl sites for hydroxylation is 1. The first kappa shape index (κ1) is 13.0. The van der Waals surface area contributed by atoms with Crippen molar-refractivity contribution >= 4 is 49.0 Å². The van der Waals surface area contributed by atoms with Gasteiger partial charge in [-0.3, -0.25) is 0 Å². The minimum absolute atomic E-state index is 0.769. The van der Waals surface area contributed by atoms with Crippen LogP contribution in [0.15, 0.2) is 20.4 Å². The molecule has 0 saturated heterocycles. The molecule has 2 rings (SSSR count). The SMILES string of the molecule is CCc1nc(-c2cc(Br)cs2)nc(NC)c1Br. The normalized spacial score (nSPS) is 10.6. The summed E-state index contributed by atoms with van der Waals surface area (Å²) in [6, 6.07) is 2.03. The molecule has 0 radical (unpaired) electrons. The van der Waals surface area contributed by atoms with Crippen molar-refractivity contribution in [3.8, 4) is 10.7 Å². The fourth-order valence-electron chi connectivity index (χ4n) is 1.43. The Kier molecular flexibility index (Phi) is 4.17. The molecular formula is C11H11Br2N3S. The Morgan fingerprint density at radius 2 is 2.12 bits per heavy atom. The molecule has 0 atom stereocenters. The summed E-state index contributed by atoms with van der Waals surface area (Å²) in [5.41, 5.74) is 1.02. The highest BCUT2D eigenvalue weighted by Gasteiger charge is 2.12. The van der Waals surface area contributed by atoms with Crippen LogP contribution in [0.5, 0.6) is 0 Å². The third-order valence-corrected chi connectivity index (χ3v) is 4.80. The quantitative estimate of drug-likeness (QED) is 0.865. The van der Waals surface area contributed by atoms with Gasteiger partial charge in [0.1, 0.15) is 5.82 Å². The summed E-state index contributed by atoms with van der Waals surface area (Å²) in [6.07, 6.45) is 0.872. The molecule has 17 heavy (non-hydrogen) atoms. The third kappa shape index (κ3) is 2.69. The summed E-state index contributed by atoms with van der Waals surface area (Å²) in [5, 5.41) is 5.11. The van der Waals surface area contributed by atoms with E-state index in [0.717, 1.165) is 37.6 Å². The Hall–Kier alpha value is -0.460. The highest BCUT2D eigenvalue weighted by atomic mass is 79.9. The second-order valence-corrected chi connectivity index (χ2v) is 6.01. The van der Waals surface area contributed by atoms with Gasteiger partial charge in [-0.2, -0.15) is 0 Å². The van der Waals surface area contributed by atoms with Crippen LogP contribution < -0.4 is 5.32 Å². The van der Waals surface area contributed by atoms with E-state index in [1.807, 2.05) is 18.5 Å². The van der Waals surface area contributed by atoms with Crippen molar-refractivity contribution in [1.82, 2.24) is 9.97 Å².